The van der Waals surface area contributed by atoms with Crippen molar-refractivity contribution < 1.29 is 24.5 Å². The molecule has 0 aromatic carbocycles. The van der Waals surface area contributed by atoms with Crippen LogP contribution >= 0.6 is 0 Å². The molecule has 0 aromatic rings. The van der Waals surface area contributed by atoms with Crippen LogP contribution in [0, 0.1) is 5.92 Å². The number of hydrogen-bond donors (Lipinski definition) is 2. The van der Waals surface area contributed by atoms with E-state index in [0.717, 1.165) is 12.8 Å². The fraction of sp³-hybridized carbons (Fsp3) is 0.769. The van der Waals surface area contributed by atoms with Gasteiger partial charge in [0.05, 0.1) is 0 Å². The van der Waals surface area contributed by atoms with Crippen LogP contribution in [0.2, 0.25) is 0 Å². The van der Waals surface area contributed by atoms with Crippen LogP contribution in [-0.2, 0) is 14.3 Å². The minimum absolute atomic E-state index is 0.493. The number of allylic oxidation sites excluding steroid dienone is 1. The first-order valence-electron chi connectivity index (χ1n) is 6.41. The van der Waals surface area contributed by atoms with Crippen LogP contribution in [0.15, 0.2) is 12.2 Å². The van der Waals surface area contributed by atoms with E-state index >= 15 is 0 Å². The number of methoxy groups -OCH3 is 1. The Bertz CT molecular complexity index is 321. The second kappa shape index (κ2) is 5.82. The number of ether oxygens (including phenoxy) is 2. The number of cyclic esters (lactones) is 1. The lowest BCUT2D eigenvalue weighted by Gasteiger charge is -2.18. The van der Waals surface area contributed by atoms with Crippen molar-refractivity contribution >= 4 is 5.97 Å². The molecule has 0 unspecified atom stereocenters. The topological polar surface area (TPSA) is 76.0 Å². The van der Waals surface area contributed by atoms with Gasteiger partial charge in [0.25, 0.3) is 0 Å². The summed E-state index contributed by atoms with van der Waals surface area (Å²) in [6, 6.07) is 0. The average molecular weight is 256 g/mol. The monoisotopic (exact) mass is 256 g/mol. The van der Waals surface area contributed by atoms with Gasteiger partial charge in [-0.05, 0) is 18.8 Å². The third-order valence-corrected chi connectivity index (χ3v) is 3.70. The standard InChI is InChI=1S/C13H20O5/c1-17-12-10(15)11(18-13(12)16)9(14)7-6-8-4-2-3-5-8/h6-12,14-15H,2-5H2,1H3/t9-,10-,11+,12-/m1/s1. The molecule has 2 aliphatic rings. The van der Waals surface area contributed by atoms with E-state index in [1.54, 1.807) is 6.08 Å². The normalized spacial score (nSPS) is 35.3. The Morgan fingerprint density at radius 3 is 2.67 bits per heavy atom. The quantitative estimate of drug-likeness (QED) is 0.562. The average Bonchev–Trinajstić information content (AvgIpc) is 2.95. The maximum absolute atomic E-state index is 11.3. The summed E-state index contributed by atoms with van der Waals surface area (Å²) in [6.45, 7) is 0. The van der Waals surface area contributed by atoms with Gasteiger partial charge in [-0.25, -0.2) is 4.79 Å². The van der Waals surface area contributed by atoms with Crippen LogP contribution in [0.3, 0.4) is 0 Å². The predicted octanol–water partition coefficient (Wildman–Crippen LogP) is 0.395. The summed E-state index contributed by atoms with van der Waals surface area (Å²) in [7, 11) is 1.33. The fourth-order valence-corrected chi connectivity index (χ4v) is 2.62. The van der Waals surface area contributed by atoms with Crippen LogP contribution in [0.25, 0.3) is 0 Å². The number of aliphatic hydroxyl groups is 2. The summed E-state index contributed by atoms with van der Waals surface area (Å²) >= 11 is 0. The molecule has 0 spiro atoms. The van der Waals surface area contributed by atoms with Crippen LogP contribution in [0.4, 0.5) is 0 Å². The highest BCUT2D eigenvalue weighted by molar-refractivity contribution is 5.78. The zero-order valence-electron chi connectivity index (χ0n) is 10.5. The third-order valence-electron chi connectivity index (χ3n) is 3.70. The van der Waals surface area contributed by atoms with Gasteiger partial charge < -0.3 is 19.7 Å². The zero-order chi connectivity index (χ0) is 13.1. The Kier molecular flexibility index (Phi) is 4.37. The van der Waals surface area contributed by atoms with Crippen molar-refractivity contribution in [2.24, 2.45) is 5.92 Å². The van der Waals surface area contributed by atoms with E-state index in [0.29, 0.717) is 5.92 Å². The van der Waals surface area contributed by atoms with Crippen LogP contribution < -0.4 is 0 Å². The Hall–Kier alpha value is -0.910. The summed E-state index contributed by atoms with van der Waals surface area (Å²) < 4.78 is 9.77. The molecule has 1 saturated carbocycles. The van der Waals surface area contributed by atoms with Gasteiger partial charge >= 0.3 is 5.97 Å². The van der Waals surface area contributed by atoms with Gasteiger partial charge in [0.2, 0.25) is 0 Å². The van der Waals surface area contributed by atoms with Crippen molar-refractivity contribution in [3.8, 4) is 0 Å². The molecular formula is C13H20O5. The first kappa shape index (κ1) is 13.5. The molecular weight excluding hydrogens is 236 g/mol. The molecule has 1 saturated heterocycles. The van der Waals surface area contributed by atoms with Crippen LogP contribution in [-0.4, -0.2) is 47.7 Å². The Balaban J connectivity index is 1.92. The Morgan fingerprint density at radius 1 is 1.44 bits per heavy atom. The Labute approximate surface area is 106 Å². The van der Waals surface area contributed by atoms with Crippen molar-refractivity contribution in [3.05, 3.63) is 12.2 Å². The highest BCUT2D eigenvalue weighted by Crippen LogP contribution is 2.27. The number of rotatable bonds is 4. The van der Waals surface area contributed by atoms with E-state index in [9.17, 15) is 15.0 Å². The summed E-state index contributed by atoms with van der Waals surface area (Å²) in [6.07, 6.45) is 4.26. The fourth-order valence-electron chi connectivity index (χ4n) is 2.62. The van der Waals surface area contributed by atoms with Crippen LogP contribution in [0.1, 0.15) is 25.7 Å². The second-order valence-corrected chi connectivity index (χ2v) is 4.97. The van der Waals surface area contributed by atoms with Crippen molar-refractivity contribution in [2.75, 3.05) is 7.11 Å². The Morgan fingerprint density at radius 2 is 2.11 bits per heavy atom. The molecule has 1 heterocycles. The summed E-state index contributed by atoms with van der Waals surface area (Å²) in [5.74, 6) is -0.129. The second-order valence-electron chi connectivity index (χ2n) is 4.97. The summed E-state index contributed by atoms with van der Waals surface area (Å²) in [5, 5.41) is 19.7. The SMILES string of the molecule is CO[C@H]1C(=O)O[C@@H]([C@H](O)C=CC2CCCC2)[C@H]1O. The van der Waals surface area contributed by atoms with Gasteiger partial charge in [-0.2, -0.15) is 0 Å². The van der Waals surface area contributed by atoms with E-state index < -0.39 is 30.4 Å². The highest BCUT2D eigenvalue weighted by Gasteiger charge is 2.46. The minimum Gasteiger partial charge on any atom is -0.454 e. The van der Waals surface area contributed by atoms with E-state index in [4.69, 9.17) is 9.47 Å². The molecule has 0 aromatic heterocycles. The molecule has 0 amide bonds. The third kappa shape index (κ3) is 2.74. The molecule has 5 nitrogen and oxygen atoms in total. The largest absolute Gasteiger partial charge is 0.454 e. The van der Waals surface area contributed by atoms with E-state index in [1.165, 1.54) is 20.0 Å². The predicted molar refractivity (Wildman–Crippen MR) is 63.8 cm³/mol. The summed E-state index contributed by atoms with van der Waals surface area (Å²) in [5.41, 5.74) is 0. The molecule has 2 rings (SSSR count). The lowest BCUT2D eigenvalue weighted by molar-refractivity contribution is -0.150. The van der Waals surface area contributed by atoms with Crippen molar-refractivity contribution in [1.29, 1.82) is 0 Å². The minimum atomic E-state index is -1.12. The van der Waals surface area contributed by atoms with E-state index in [1.807, 2.05) is 6.08 Å². The number of hydrogen-bond acceptors (Lipinski definition) is 5. The van der Waals surface area contributed by atoms with E-state index in [-0.39, 0.29) is 0 Å². The molecule has 2 fully saturated rings. The smallest absolute Gasteiger partial charge is 0.338 e. The molecule has 4 atom stereocenters. The highest BCUT2D eigenvalue weighted by atomic mass is 16.6. The zero-order valence-corrected chi connectivity index (χ0v) is 10.5. The van der Waals surface area contributed by atoms with Gasteiger partial charge in [-0.3, -0.25) is 0 Å². The molecule has 0 bridgehead atoms. The molecule has 18 heavy (non-hydrogen) atoms. The maximum atomic E-state index is 11.3. The molecule has 5 heteroatoms. The maximum Gasteiger partial charge on any atom is 0.338 e. The number of esters is 1. The van der Waals surface area contributed by atoms with Gasteiger partial charge in [-0.1, -0.05) is 25.0 Å². The van der Waals surface area contributed by atoms with Crippen LogP contribution in [0.5, 0.6) is 0 Å². The molecule has 0 radical (unpaired) electrons. The lowest BCUT2D eigenvalue weighted by Crippen LogP contribution is -2.38. The first-order chi connectivity index (χ1) is 8.63. The number of carbonyl (C=O) groups excluding carboxylic acids is 1. The van der Waals surface area contributed by atoms with Gasteiger partial charge in [0.15, 0.2) is 12.2 Å². The number of carbonyl (C=O) groups is 1. The van der Waals surface area contributed by atoms with Gasteiger partial charge in [0, 0.05) is 7.11 Å². The molecule has 1 aliphatic heterocycles. The van der Waals surface area contributed by atoms with E-state index in [2.05, 4.69) is 0 Å². The van der Waals surface area contributed by atoms with Gasteiger partial charge in [0.1, 0.15) is 12.2 Å². The summed E-state index contributed by atoms with van der Waals surface area (Å²) in [4.78, 5) is 11.3. The molecule has 1 aliphatic carbocycles. The van der Waals surface area contributed by atoms with Gasteiger partial charge in [-0.15, -0.1) is 0 Å². The number of aliphatic hydroxyl groups excluding tert-OH is 2. The van der Waals surface area contributed by atoms with Crippen molar-refractivity contribution in [1.82, 2.24) is 0 Å². The van der Waals surface area contributed by atoms with Crippen molar-refractivity contribution in [2.45, 2.75) is 50.1 Å². The lowest BCUT2D eigenvalue weighted by atomic mass is 10.0. The molecule has 2 N–H and O–H groups in total. The first-order valence-corrected chi connectivity index (χ1v) is 6.41. The molecule has 102 valence electrons. The van der Waals surface area contributed by atoms with Crippen molar-refractivity contribution in [3.63, 3.8) is 0 Å².